The van der Waals surface area contributed by atoms with E-state index in [-0.39, 0.29) is 10.7 Å². The van der Waals surface area contributed by atoms with Crippen LogP contribution in [0.5, 0.6) is 0 Å². The van der Waals surface area contributed by atoms with Crippen LogP contribution in [0.4, 0.5) is 24.1 Å². The van der Waals surface area contributed by atoms with Crippen LogP contribution in [0, 0.1) is 0 Å². The number of hydrogen-bond donors (Lipinski definition) is 1. The number of anilines is 2. The molecule has 29 heavy (non-hydrogen) atoms. The minimum atomic E-state index is -4.62. The zero-order chi connectivity index (χ0) is 20.6. The molecule has 4 rings (SSSR count). The van der Waals surface area contributed by atoms with Gasteiger partial charge in [-0.3, -0.25) is 9.36 Å². The van der Waals surface area contributed by atoms with Gasteiger partial charge in [0.05, 0.1) is 6.54 Å². The van der Waals surface area contributed by atoms with E-state index in [1.807, 2.05) is 36.5 Å². The highest BCUT2D eigenvalue weighted by molar-refractivity contribution is 7.18. The fourth-order valence-electron chi connectivity index (χ4n) is 2.71. The molecule has 4 aromatic rings. The monoisotopic (exact) mass is 439 g/mol. The molecular formula is C17H13ClF3N7S. The molecule has 0 aliphatic heterocycles. The van der Waals surface area contributed by atoms with Crippen LogP contribution < -0.4 is 5.32 Å². The lowest BCUT2D eigenvalue weighted by Gasteiger charge is -2.06. The zero-order valence-electron chi connectivity index (χ0n) is 14.9. The Bertz CT molecular complexity index is 1130. The molecule has 1 N–H and O–H groups in total. The first-order valence-electron chi connectivity index (χ1n) is 8.29. The summed E-state index contributed by atoms with van der Waals surface area (Å²) in [4.78, 5) is 0. The molecule has 0 unspecified atom stereocenters. The van der Waals surface area contributed by atoms with E-state index in [2.05, 4.69) is 25.7 Å². The molecule has 0 bridgehead atoms. The van der Waals surface area contributed by atoms with Crippen LogP contribution in [0.2, 0.25) is 5.02 Å². The van der Waals surface area contributed by atoms with E-state index in [4.69, 9.17) is 11.6 Å². The van der Waals surface area contributed by atoms with Crippen molar-refractivity contribution in [1.29, 1.82) is 0 Å². The summed E-state index contributed by atoms with van der Waals surface area (Å²) in [5, 5.41) is 19.1. The van der Waals surface area contributed by atoms with E-state index in [1.54, 1.807) is 10.7 Å². The van der Waals surface area contributed by atoms with Gasteiger partial charge in [-0.05, 0) is 5.56 Å². The largest absolute Gasteiger partial charge is 0.434 e. The molecule has 0 amide bonds. The van der Waals surface area contributed by atoms with Crippen LogP contribution in [0.15, 0.2) is 42.6 Å². The van der Waals surface area contributed by atoms with Crippen molar-refractivity contribution in [2.24, 2.45) is 7.05 Å². The summed E-state index contributed by atoms with van der Waals surface area (Å²) in [7, 11) is 1.18. The van der Waals surface area contributed by atoms with E-state index in [0.29, 0.717) is 22.2 Å². The fraction of sp³-hybridized carbons (Fsp3) is 0.176. The van der Waals surface area contributed by atoms with Gasteiger partial charge in [0.15, 0.2) is 16.5 Å². The van der Waals surface area contributed by atoms with E-state index < -0.39 is 16.9 Å². The first kappa shape index (κ1) is 19.4. The molecule has 0 saturated carbocycles. The van der Waals surface area contributed by atoms with Gasteiger partial charge < -0.3 is 5.32 Å². The Hall–Kier alpha value is -2.92. The number of nitrogens with one attached hydrogen (secondary N) is 1. The summed E-state index contributed by atoms with van der Waals surface area (Å²) >= 11 is 6.93. The highest BCUT2D eigenvalue weighted by Gasteiger charge is 2.39. The van der Waals surface area contributed by atoms with Gasteiger partial charge in [0, 0.05) is 19.3 Å². The van der Waals surface area contributed by atoms with Crippen LogP contribution in [-0.2, 0) is 19.8 Å². The molecule has 0 aliphatic rings. The second kappa shape index (κ2) is 7.48. The minimum Gasteiger partial charge on any atom is -0.313 e. The zero-order valence-corrected chi connectivity index (χ0v) is 16.4. The summed E-state index contributed by atoms with van der Waals surface area (Å²) in [6.07, 6.45) is -2.81. The number of halogens is 4. The molecule has 0 atom stereocenters. The quantitative estimate of drug-likeness (QED) is 0.492. The third kappa shape index (κ3) is 4.10. The predicted octanol–water partition coefficient (Wildman–Crippen LogP) is 4.60. The molecule has 0 spiro atoms. The van der Waals surface area contributed by atoms with Crippen molar-refractivity contribution in [2.75, 3.05) is 5.32 Å². The van der Waals surface area contributed by atoms with Gasteiger partial charge in [-0.2, -0.15) is 23.4 Å². The second-order valence-electron chi connectivity index (χ2n) is 6.05. The van der Waals surface area contributed by atoms with Crippen molar-refractivity contribution < 1.29 is 13.2 Å². The molecule has 0 radical (unpaired) electrons. The van der Waals surface area contributed by atoms with E-state index in [1.165, 1.54) is 7.05 Å². The standard InChI is InChI=1S/C17H13ClF3N7S/c1-27-14(17(19,20)21)12(18)13(26-27)15-23-24-16(29-15)22-11-7-8-28(25-11)9-10-5-3-2-4-6-10/h2-8H,9H2,1H3,(H,22,24,25). The van der Waals surface area contributed by atoms with Crippen molar-refractivity contribution in [3.8, 4) is 10.7 Å². The number of aromatic nitrogens is 6. The van der Waals surface area contributed by atoms with E-state index in [0.717, 1.165) is 16.9 Å². The van der Waals surface area contributed by atoms with Crippen LogP contribution in [-0.4, -0.2) is 29.8 Å². The normalized spacial score (nSPS) is 11.8. The number of aryl methyl sites for hydroxylation is 1. The van der Waals surface area contributed by atoms with Gasteiger partial charge in [0.1, 0.15) is 10.7 Å². The summed E-state index contributed by atoms with van der Waals surface area (Å²) in [5.74, 6) is 0.534. The summed E-state index contributed by atoms with van der Waals surface area (Å²) < 4.78 is 41.7. The number of benzene rings is 1. The SMILES string of the molecule is Cn1nc(-c2nnc(Nc3ccn(Cc4ccccc4)n3)s2)c(Cl)c1C(F)(F)F. The summed E-state index contributed by atoms with van der Waals surface area (Å²) in [6.45, 7) is 0.605. The lowest BCUT2D eigenvalue weighted by Crippen LogP contribution is -2.12. The molecule has 7 nitrogen and oxygen atoms in total. The van der Waals surface area contributed by atoms with Crippen LogP contribution in [0.1, 0.15) is 11.3 Å². The highest BCUT2D eigenvalue weighted by Crippen LogP contribution is 2.40. The van der Waals surface area contributed by atoms with Crippen molar-refractivity contribution in [2.45, 2.75) is 12.7 Å². The molecule has 0 aliphatic carbocycles. The number of hydrogen-bond acceptors (Lipinski definition) is 6. The molecule has 12 heteroatoms. The van der Waals surface area contributed by atoms with Gasteiger partial charge in [-0.15, -0.1) is 10.2 Å². The Kier molecular flexibility index (Phi) is 5.01. The van der Waals surface area contributed by atoms with Gasteiger partial charge in [-0.25, -0.2) is 0 Å². The maximum absolute atomic E-state index is 13.1. The molecule has 0 saturated heterocycles. The summed E-state index contributed by atoms with van der Waals surface area (Å²) in [6, 6.07) is 11.6. The van der Waals surface area contributed by atoms with E-state index >= 15 is 0 Å². The Labute approximate surface area is 171 Å². The third-order valence-corrected chi connectivity index (χ3v) is 5.15. The topological polar surface area (TPSA) is 73.5 Å². The molecular weight excluding hydrogens is 427 g/mol. The Morgan fingerprint density at radius 1 is 1.10 bits per heavy atom. The number of alkyl halides is 3. The van der Waals surface area contributed by atoms with Gasteiger partial charge in [-0.1, -0.05) is 53.3 Å². The van der Waals surface area contributed by atoms with Gasteiger partial charge in [0.25, 0.3) is 0 Å². The predicted molar refractivity (Wildman–Crippen MR) is 103 cm³/mol. The lowest BCUT2D eigenvalue weighted by atomic mass is 10.2. The summed E-state index contributed by atoms with van der Waals surface area (Å²) in [5.41, 5.74) is 0.00536. The minimum absolute atomic E-state index is 0.0679. The second-order valence-corrected chi connectivity index (χ2v) is 7.41. The number of nitrogens with zero attached hydrogens (tertiary/aromatic N) is 6. The van der Waals surface area contributed by atoms with Gasteiger partial charge in [0.2, 0.25) is 5.13 Å². The molecule has 150 valence electrons. The van der Waals surface area contributed by atoms with Crippen molar-refractivity contribution in [3.05, 3.63) is 58.9 Å². The van der Waals surface area contributed by atoms with E-state index in [9.17, 15) is 13.2 Å². The Morgan fingerprint density at radius 3 is 2.55 bits per heavy atom. The number of rotatable bonds is 5. The van der Waals surface area contributed by atoms with Gasteiger partial charge >= 0.3 is 6.18 Å². The average Bonchev–Trinajstić information content (AvgIpc) is 3.35. The molecule has 1 aromatic carbocycles. The van der Waals surface area contributed by atoms with Crippen LogP contribution >= 0.6 is 22.9 Å². The lowest BCUT2D eigenvalue weighted by molar-refractivity contribution is -0.143. The van der Waals surface area contributed by atoms with Crippen LogP contribution in [0.3, 0.4) is 0 Å². The average molecular weight is 440 g/mol. The highest BCUT2D eigenvalue weighted by atomic mass is 35.5. The van der Waals surface area contributed by atoms with Crippen molar-refractivity contribution in [3.63, 3.8) is 0 Å². The molecule has 3 heterocycles. The third-order valence-electron chi connectivity index (χ3n) is 3.95. The van der Waals surface area contributed by atoms with Crippen molar-refractivity contribution >= 4 is 33.9 Å². The Morgan fingerprint density at radius 2 is 1.86 bits per heavy atom. The fourth-order valence-corrected chi connectivity index (χ4v) is 3.86. The molecule has 0 fully saturated rings. The molecule has 3 aromatic heterocycles. The first-order chi connectivity index (χ1) is 13.8. The van der Waals surface area contributed by atoms with Crippen LogP contribution in [0.25, 0.3) is 10.7 Å². The Balaban J connectivity index is 1.51. The van der Waals surface area contributed by atoms with Crippen molar-refractivity contribution in [1.82, 2.24) is 29.8 Å². The smallest absolute Gasteiger partial charge is 0.313 e. The maximum atomic E-state index is 13.1. The first-order valence-corrected chi connectivity index (χ1v) is 9.48. The maximum Gasteiger partial charge on any atom is 0.434 e.